The van der Waals surface area contributed by atoms with Crippen molar-refractivity contribution in [3.05, 3.63) is 18.5 Å². The number of hydrogen-bond acceptors (Lipinski definition) is 5. The van der Waals surface area contributed by atoms with Crippen molar-refractivity contribution in [2.75, 3.05) is 44.2 Å². The first-order valence-corrected chi connectivity index (χ1v) is 6.74. The smallest absolute Gasteiger partial charge is 0.234 e. The number of anilines is 1. The van der Waals surface area contributed by atoms with Crippen LogP contribution in [0.5, 0.6) is 0 Å². The molecule has 1 aliphatic heterocycles. The molecule has 0 spiro atoms. The highest BCUT2D eigenvalue weighted by atomic mass is 16.2. The van der Waals surface area contributed by atoms with Gasteiger partial charge in [0.25, 0.3) is 0 Å². The molecule has 1 fully saturated rings. The third-order valence-corrected chi connectivity index (χ3v) is 3.18. The lowest BCUT2D eigenvalue weighted by atomic mass is 10.4. The number of nitrogens with zero attached hydrogens (tertiary/aromatic N) is 4. The van der Waals surface area contributed by atoms with E-state index in [9.17, 15) is 4.79 Å². The third kappa shape index (κ3) is 4.21. The molecule has 0 aromatic carbocycles. The predicted molar refractivity (Wildman–Crippen MR) is 77.1 cm³/mol. The van der Waals surface area contributed by atoms with Crippen LogP contribution in [0.25, 0.3) is 0 Å². The molecule has 0 saturated carbocycles. The number of nitrogens with one attached hydrogen (secondary N) is 1. The van der Waals surface area contributed by atoms with E-state index >= 15 is 0 Å². The average Bonchev–Trinajstić information content (AvgIpc) is 2.72. The summed E-state index contributed by atoms with van der Waals surface area (Å²) >= 11 is 0. The second-order valence-corrected chi connectivity index (χ2v) is 4.65. The van der Waals surface area contributed by atoms with Gasteiger partial charge in [0, 0.05) is 38.6 Å². The van der Waals surface area contributed by atoms with Crippen LogP contribution in [0.3, 0.4) is 0 Å². The number of hydrogen-bond donors (Lipinski definition) is 1. The Kier molecular flexibility index (Phi) is 5.33. The minimum absolute atomic E-state index is 0.0210. The summed E-state index contributed by atoms with van der Waals surface area (Å²) in [6, 6.07) is 1.81. The van der Waals surface area contributed by atoms with Crippen LogP contribution in [0, 0.1) is 12.3 Å². The maximum Gasteiger partial charge on any atom is 0.234 e. The molecule has 0 bridgehead atoms. The molecule has 1 amide bonds. The summed E-state index contributed by atoms with van der Waals surface area (Å²) < 4.78 is 0. The Bertz CT molecular complexity index is 470. The Morgan fingerprint density at radius 1 is 1.30 bits per heavy atom. The molecule has 2 rings (SSSR count). The van der Waals surface area contributed by atoms with Gasteiger partial charge < -0.3 is 10.2 Å². The van der Waals surface area contributed by atoms with Crippen molar-refractivity contribution in [2.45, 2.75) is 6.42 Å². The lowest BCUT2D eigenvalue weighted by Crippen LogP contribution is -2.39. The van der Waals surface area contributed by atoms with E-state index < -0.39 is 0 Å². The Morgan fingerprint density at radius 2 is 2.10 bits per heavy atom. The summed E-state index contributed by atoms with van der Waals surface area (Å²) in [4.78, 5) is 24.5. The highest BCUT2D eigenvalue weighted by molar-refractivity contribution is 5.78. The zero-order chi connectivity index (χ0) is 14.2. The van der Waals surface area contributed by atoms with Gasteiger partial charge in [0.1, 0.15) is 0 Å². The molecule has 1 N–H and O–H groups in total. The zero-order valence-corrected chi connectivity index (χ0v) is 11.5. The number of carbonyl (C=O) groups is 1. The Hall–Kier alpha value is -2.13. The quantitative estimate of drug-likeness (QED) is 0.766. The summed E-state index contributed by atoms with van der Waals surface area (Å²) in [5, 5.41) is 2.69. The minimum Gasteiger partial charge on any atom is -0.344 e. The highest BCUT2D eigenvalue weighted by Crippen LogP contribution is 2.09. The molecule has 1 aromatic heterocycles. The molecule has 0 aliphatic carbocycles. The van der Waals surface area contributed by atoms with Crippen molar-refractivity contribution >= 4 is 11.9 Å². The molecular weight excluding hydrogens is 254 g/mol. The van der Waals surface area contributed by atoms with Gasteiger partial charge in [-0.15, -0.1) is 6.42 Å². The third-order valence-electron chi connectivity index (χ3n) is 3.18. The van der Waals surface area contributed by atoms with E-state index in [-0.39, 0.29) is 12.5 Å². The van der Waals surface area contributed by atoms with Gasteiger partial charge in [-0.2, -0.15) is 0 Å². The van der Waals surface area contributed by atoms with Crippen molar-refractivity contribution < 1.29 is 4.79 Å². The summed E-state index contributed by atoms with van der Waals surface area (Å²) in [6.45, 7) is 4.13. The van der Waals surface area contributed by atoms with Crippen LogP contribution in [0.2, 0.25) is 0 Å². The number of terminal acetylenes is 1. The maximum atomic E-state index is 11.6. The van der Waals surface area contributed by atoms with Crippen LogP contribution >= 0.6 is 0 Å². The maximum absolute atomic E-state index is 11.6. The van der Waals surface area contributed by atoms with E-state index in [0.29, 0.717) is 6.54 Å². The molecule has 6 heteroatoms. The molecule has 1 saturated heterocycles. The highest BCUT2D eigenvalue weighted by Gasteiger charge is 2.18. The van der Waals surface area contributed by atoms with E-state index in [2.05, 4.69) is 31.0 Å². The molecule has 0 radical (unpaired) electrons. The second kappa shape index (κ2) is 7.46. The molecule has 20 heavy (non-hydrogen) atoms. The van der Waals surface area contributed by atoms with Crippen molar-refractivity contribution in [1.82, 2.24) is 20.2 Å². The van der Waals surface area contributed by atoms with Gasteiger partial charge in [0.15, 0.2) is 0 Å². The summed E-state index contributed by atoms with van der Waals surface area (Å²) in [5.41, 5.74) is 0. The van der Waals surface area contributed by atoms with Crippen LogP contribution in [-0.4, -0.2) is 60.0 Å². The normalized spacial score (nSPS) is 16.2. The molecule has 1 aromatic rings. The van der Waals surface area contributed by atoms with Crippen molar-refractivity contribution in [1.29, 1.82) is 0 Å². The zero-order valence-electron chi connectivity index (χ0n) is 11.5. The van der Waals surface area contributed by atoms with Crippen molar-refractivity contribution in [3.63, 3.8) is 0 Å². The van der Waals surface area contributed by atoms with E-state index in [1.807, 2.05) is 6.07 Å². The standard InChI is InChI=1S/C14H19N5O/c1-2-5-15-13(20)12-18-8-4-9-19(11-10-18)14-16-6-3-7-17-14/h1,3,6-7H,4-5,8-12H2,(H,15,20). The van der Waals surface area contributed by atoms with Crippen LogP contribution in [-0.2, 0) is 4.79 Å². The molecule has 2 heterocycles. The number of aromatic nitrogens is 2. The number of rotatable bonds is 4. The first kappa shape index (κ1) is 14.3. The molecule has 0 atom stereocenters. The van der Waals surface area contributed by atoms with Gasteiger partial charge in [-0.3, -0.25) is 9.69 Å². The van der Waals surface area contributed by atoms with Crippen molar-refractivity contribution in [2.24, 2.45) is 0 Å². The van der Waals surface area contributed by atoms with E-state index in [0.717, 1.165) is 38.5 Å². The molecule has 1 aliphatic rings. The Morgan fingerprint density at radius 3 is 2.85 bits per heavy atom. The van der Waals surface area contributed by atoms with Crippen LogP contribution < -0.4 is 10.2 Å². The SMILES string of the molecule is C#CCNC(=O)CN1CCCN(c2ncccn2)CC1. The summed E-state index contributed by atoms with van der Waals surface area (Å²) in [6.07, 6.45) is 9.60. The van der Waals surface area contributed by atoms with Gasteiger partial charge in [-0.05, 0) is 12.5 Å². The number of amides is 1. The van der Waals surface area contributed by atoms with Gasteiger partial charge in [-0.1, -0.05) is 5.92 Å². The van der Waals surface area contributed by atoms with Crippen molar-refractivity contribution in [3.8, 4) is 12.3 Å². The van der Waals surface area contributed by atoms with Crippen LogP contribution in [0.1, 0.15) is 6.42 Å². The fraction of sp³-hybridized carbons (Fsp3) is 0.500. The Labute approximate surface area is 119 Å². The minimum atomic E-state index is -0.0210. The fourth-order valence-electron chi connectivity index (χ4n) is 2.19. The lowest BCUT2D eigenvalue weighted by molar-refractivity contribution is -0.121. The number of carbonyl (C=O) groups excluding carboxylic acids is 1. The van der Waals surface area contributed by atoms with E-state index in [4.69, 9.17) is 6.42 Å². The molecule has 106 valence electrons. The van der Waals surface area contributed by atoms with Crippen LogP contribution in [0.15, 0.2) is 18.5 Å². The predicted octanol–water partition coefficient (Wildman–Crippen LogP) is -0.262. The second-order valence-electron chi connectivity index (χ2n) is 4.65. The monoisotopic (exact) mass is 273 g/mol. The Balaban J connectivity index is 1.83. The van der Waals surface area contributed by atoms with Gasteiger partial charge in [0.05, 0.1) is 13.1 Å². The summed E-state index contributed by atoms with van der Waals surface area (Å²) in [5.74, 6) is 3.14. The molecular formula is C14H19N5O. The van der Waals surface area contributed by atoms with Gasteiger partial charge >= 0.3 is 0 Å². The van der Waals surface area contributed by atoms with Gasteiger partial charge in [-0.25, -0.2) is 9.97 Å². The van der Waals surface area contributed by atoms with Gasteiger partial charge in [0.2, 0.25) is 11.9 Å². The summed E-state index contributed by atoms with van der Waals surface area (Å²) in [7, 11) is 0. The molecule has 6 nitrogen and oxygen atoms in total. The lowest BCUT2D eigenvalue weighted by Gasteiger charge is -2.21. The van der Waals surface area contributed by atoms with E-state index in [1.54, 1.807) is 12.4 Å². The first-order chi connectivity index (χ1) is 9.79. The average molecular weight is 273 g/mol. The van der Waals surface area contributed by atoms with Crippen LogP contribution in [0.4, 0.5) is 5.95 Å². The first-order valence-electron chi connectivity index (χ1n) is 6.74. The largest absolute Gasteiger partial charge is 0.344 e. The molecule has 0 unspecified atom stereocenters. The fourth-order valence-corrected chi connectivity index (χ4v) is 2.19. The topological polar surface area (TPSA) is 61.4 Å². The van der Waals surface area contributed by atoms with E-state index in [1.165, 1.54) is 0 Å².